The highest BCUT2D eigenvalue weighted by molar-refractivity contribution is 7.14. The van der Waals surface area contributed by atoms with Gasteiger partial charge >= 0.3 is 5.97 Å². The monoisotopic (exact) mass is 306 g/mol. The van der Waals surface area contributed by atoms with Crippen LogP contribution >= 0.6 is 11.3 Å². The van der Waals surface area contributed by atoms with Crippen molar-refractivity contribution in [1.29, 1.82) is 0 Å². The van der Waals surface area contributed by atoms with E-state index in [-0.39, 0.29) is 0 Å². The molecule has 0 aliphatic rings. The highest BCUT2D eigenvalue weighted by Gasteiger charge is 2.15. The van der Waals surface area contributed by atoms with Crippen LogP contribution in [0.1, 0.15) is 23.0 Å². The number of benzene rings is 1. The molecule has 2 rings (SSSR count). The molecule has 0 aliphatic heterocycles. The highest BCUT2D eigenvalue weighted by atomic mass is 32.1. The fraction of sp³-hybridized carbons (Fsp3) is 0.333. The molecule has 1 aromatic heterocycles. The second kappa shape index (κ2) is 7.64. The van der Waals surface area contributed by atoms with Crippen molar-refractivity contribution >= 4 is 22.3 Å². The summed E-state index contributed by atoms with van der Waals surface area (Å²) in [6.45, 7) is 2.81. The van der Waals surface area contributed by atoms with E-state index in [1.54, 1.807) is 19.5 Å². The van der Waals surface area contributed by atoms with E-state index < -0.39 is 5.97 Å². The standard InChI is InChI=1S/C15H18N2O3S/c1-3-20-15(18)13-14(21-10-17-13)16-9-8-11-6-4-5-7-12(11)19-2/h4-7,10,16H,3,8-9H2,1-2H3. The van der Waals surface area contributed by atoms with E-state index >= 15 is 0 Å². The number of ether oxygens (including phenoxy) is 2. The van der Waals surface area contributed by atoms with Crippen LogP contribution in [-0.4, -0.2) is 31.2 Å². The first-order chi connectivity index (χ1) is 10.3. The number of para-hydroxylation sites is 1. The Kier molecular flexibility index (Phi) is 5.57. The smallest absolute Gasteiger partial charge is 0.360 e. The van der Waals surface area contributed by atoms with Gasteiger partial charge in [-0.15, -0.1) is 11.3 Å². The lowest BCUT2D eigenvalue weighted by Gasteiger charge is -2.09. The van der Waals surface area contributed by atoms with Crippen molar-refractivity contribution in [3.05, 3.63) is 41.0 Å². The van der Waals surface area contributed by atoms with Gasteiger partial charge in [0.25, 0.3) is 0 Å². The van der Waals surface area contributed by atoms with Crippen LogP contribution in [0.15, 0.2) is 29.8 Å². The zero-order valence-corrected chi connectivity index (χ0v) is 12.9. The molecule has 6 heteroatoms. The largest absolute Gasteiger partial charge is 0.496 e. The number of nitrogens with zero attached hydrogens (tertiary/aromatic N) is 1. The summed E-state index contributed by atoms with van der Waals surface area (Å²) in [6, 6.07) is 7.89. The van der Waals surface area contributed by atoms with E-state index in [2.05, 4.69) is 10.3 Å². The maximum absolute atomic E-state index is 11.7. The molecule has 2 aromatic rings. The second-order valence-electron chi connectivity index (χ2n) is 4.24. The Bertz CT molecular complexity index is 598. The van der Waals surface area contributed by atoms with Crippen molar-refractivity contribution < 1.29 is 14.3 Å². The maximum atomic E-state index is 11.7. The predicted octanol–water partition coefficient (Wildman–Crippen LogP) is 2.98. The molecular formula is C15H18N2O3S. The van der Waals surface area contributed by atoms with Crippen molar-refractivity contribution in [2.45, 2.75) is 13.3 Å². The molecule has 0 unspecified atom stereocenters. The molecule has 0 bridgehead atoms. The number of methoxy groups -OCH3 is 1. The van der Waals surface area contributed by atoms with Gasteiger partial charge in [-0.3, -0.25) is 0 Å². The maximum Gasteiger partial charge on any atom is 0.360 e. The summed E-state index contributed by atoms with van der Waals surface area (Å²) in [7, 11) is 1.66. The van der Waals surface area contributed by atoms with Gasteiger partial charge < -0.3 is 14.8 Å². The number of thiazole rings is 1. The number of hydrogen-bond acceptors (Lipinski definition) is 6. The van der Waals surface area contributed by atoms with Crippen LogP contribution in [0.4, 0.5) is 5.00 Å². The molecule has 0 spiro atoms. The molecule has 0 saturated carbocycles. The Morgan fingerprint density at radius 1 is 1.38 bits per heavy atom. The lowest BCUT2D eigenvalue weighted by atomic mass is 10.1. The third-order valence-electron chi connectivity index (χ3n) is 2.91. The van der Waals surface area contributed by atoms with E-state index in [0.717, 1.165) is 22.7 Å². The van der Waals surface area contributed by atoms with Gasteiger partial charge in [0.2, 0.25) is 0 Å². The number of esters is 1. The molecule has 5 nitrogen and oxygen atoms in total. The molecule has 0 saturated heterocycles. The first-order valence-corrected chi connectivity index (χ1v) is 7.60. The molecule has 0 fully saturated rings. The Labute approximate surface area is 127 Å². The molecule has 112 valence electrons. The Balaban J connectivity index is 1.95. The number of anilines is 1. The third-order valence-corrected chi connectivity index (χ3v) is 3.69. The van der Waals surface area contributed by atoms with Crippen LogP contribution in [0.2, 0.25) is 0 Å². The minimum absolute atomic E-state index is 0.344. The Morgan fingerprint density at radius 3 is 2.95 bits per heavy atom. The van der Waals surface area contributed by atoms with Crippen LogP contribution in [0, 0.1) is 0 Å². The summed E-state index contributed by atoms with van der Waals surface area (Å²) in [6.07, 6.45) is 0.796. The summed E-state index contributed by atoms with van der Waals surface area (Å²) >= 11 is 1.39. The topological polar surface area (TPSA) is 60.5 Å². The van der Waals surface area contributed by atoms with Crippen molar-refractivity contribution in [3.63, 3.8) is 0 Å². The van der Waals surface area contributed by atoms with Crippen LogP contribution in [-0.2, 0) is 11.2 Å². The molecular weight excluding hydrogens is 288 g/mol. The van der Waals surface area contributed by atoms with Crippen LogP contribution in [0.3, 0.4) is 0 Å². The lowest BCUT2D eigenvalue weighted by molar-refractivity contribution is 0.0521. The van der Waals surface area contributed by atoms with Crippen molar-refractivity contribution in [2.24, 2.45) is 0 Å². The molecule has 0 amide bonds. The molecule has 1 heterocycles. The SMILES string of the molecule is CCOC(=O)c1ncsc1NCCc1ccccc1OC. The normalized spacial score (nSPS) is 10.2. The number of hydrogen-bond donors (Lipinski definition) is 1. The fourth-order valence-corrected chi connectivity index (χ4v) is 2.63. The van der Waals surface area contributed by atoms with Crippen LogP contribution < -0.4 is 10.1 Å². The number of carbonyl (C=O) groups excluding carboxylic acids is 1. The number of nitrogens with one attached hydrogen (secondary N) is 1. The van der Waals surface area contributed by atoms with E-state index in [1.807, 2.05) is 24.3 Å². The number of rotatable bonds is 7. The molecule has 1 N–H and O–H groups in total. The minimum atomic E-state index is -0.390. The lowest BCUT2D eigenvalue weighted by Crippen LogP contribution is -2.11. The van der Waals surface area contributed by atoms with Gasteiger partial charge in [-0.2, -0.15) is 0 Å². The van der Waals surface area contributed by atoms with E-state index in [1.165, 1.54) is 11.3 Å². The van der Waals surface area contributed by atoms with Crippen LogP contribution in [0.25, 0.3) is 0 Å². The van der Waals surface area contributed by atoms with Crippen molar-refractivity contribution in [2.75, 3.05) is 25.6 Å². The van der Waals surface area contributed by atoms with Gasteiger partial charge in [0.15, 0.2) is 5.69 Å². The number of carbonyl (C=O) groups is 1. The van der Waals surface area contributed by atoms with Gasteiger partial charge in [-0.05, 0) is 25.0 Å². The van der Waals surface area contributed by atoms with Crippen LogP contribution in [0.5, 0.6) is 5.75 Å². The molecule has 0 radical (unpaired) electrons. The summed E-state index contributed by atoms with van der Waals surface area (Å²) in [4.78, 5) is 15.8. The summed E-state index contributed by atoms with van der Waals surface area (Å²) in [5.41, 5.74) is 3.11. The third kappa shape index (κ3) is 3.95. The fourth-order valence-electron chi connectivity index (χ4n) is 1.94. The van der Waals surface area contributed by atoms with Gasteiger partial charge in [0, 0.05) is 6.54 Å². The zero-order valence-electron chi connectivity index (χ0n) is 12.1. The van der Waals surface area contributed by atoms with Gasteiger partial charge in [0.05, 0.1) is 19.2 Å². The van der Waals surface area contributed by atoms with Gasteiger partial charge in [-0.1, -0.05) is 18.2 Å². The van der Waals surface area contributed by atoms with E-state index in [4.69, 9.17) is 9.47 Å². The number of aromatic nitrogens is 1. The van der Waals surface area contributed by atoms with Crippen molar-refractivity contribution in [3.8, 4) is 5.75 Å². The summed E-state index contributed by atoms with van der Waals surface area (Å²) in [5, 5.41) is 3.97. The first-order valence-electron chi connectivity index (χ1n) is 6.72. The zero-order chi connectivity index (χ0) is 15.1. The minimum Gasteiger partial charge on any atom is -0.496 e. The van der Waals surface area contributed by atoms with Gasteiger partial charge in [-0.25, -0.2) is 9.78 Å². The Morgan fingerprint density at radius 2 is 2.19 bits per heavy atom. The average molecular weight is 306 g/mol. The molecule has 0 aliphatic carbocycles. The predicted molar refractivity (Wildman–Crippen MR) is 83.3 cm³/mol. The Hall–Kier alpha value is -2.08. The molecule has 0 atom stereocenters. The second-order valence-corrected chi connectivity index (χ2v) is 5.09. The highest BCUT2D eigenvalue weighted by Crippen LogP contribution is 2.22. The van der Waals surface area contributed by atoms with E-state index in [0.29, 0.717) is 18.8 Å². The van der Waals surface area contributed by atoms with E-state index in [9.17, 15) is 4.79 Å². The average Bonchev–Trinajstić information content (AvgIpc) is 2.96. The first kappa shape index (κ1) is 15.3. The summed E-state index contributed by atoms with van der Waals surface area (Å²) in [5.74, 6) is 0.479. The van der Waals surface area contributed by atoms with Gasteiger partial charge in [0.1, 0.15) is 10.8 Å². The molecule has 1 aromatic carbocycles. The summed E-state index contributed by atoms with van der Waals surface area (Å²) < 4.78 is 10.3. The quantitative estimate of drug-likeness (QED) is 0.797. The molecule has 21 heavy (non-hydrogen) atoms. The van der Waals surface area contributed by atoms with Crippen molar-refractivity contribution in [1.82, 2.24) is 4.98 Å².